The molecule has 2 unspecified atom stereocenters. The summed E-state index contributed by atoms with van der Waals surface area (Å²) < 4.78 is 5.46. The number of carbonyl (C=O) groups is 2. The molecule has 0 aromatic heterocycles. The van der Waals surface area contributed by atoms with Gasteiger partial charge < -0.3 is 9.64 Å². The van der Waals surface area contributed by atoms with E-state index in [-0.39, 0.29) is 23.8 Å². The van der Waals surface area contributed by atoms with E-state index >= 15 is 0 Å². The van der Waals surface area contributed by atoms with Gasteiger partial charge in [0.2, 0.25) is 5.91 Å². The van der Waals surface area contributed by atoms with Crippen molar-refractivity contribution in [3.8, 4) is 0 Å². The van der Waals surface area contributed by atoms with Gasteiger partial charge in [0.15, 0.2) is 0 Å². The third-order valence-electron chi connectivity index (χ3n) is 4.39. The van der Waals surface area contributed by atoms with Crippen molar-refractivity contribution in [3.63, 3.8) is 0 Å². The van der Waals surface area contributed by atoms with Crippen LogP contribution in [0.2, 0.25) is 0 Å². The van der Waals surface area contributed by atoms with E-state index in [1.807, 2.05) is 20.8 Å². The lowest BCUT2D eigenvalue weighted by Crippen LogP contribution is -2.46. The molecule has 1 amide bonds. The average molecular weight is 281 g/mol. The molecule has 2 fully saturated rings. The van der Waals surface area contributed by atoms with Gasteiger partial charge >= 0.3 is 5.97 Å². The van der Waals surface area contributed by atoms with E-state index in [1.165, 1.54) is 0 Å². The predicted molar refractivity (Wildman–Crippen MR) is 77.1 cm³/mol. The van der Waals surface area contributed by atoms with E-state index in [0.717, 1.165) is 32.1 Å². The van der Waals surface area contributed by atoms with E-state index in [1.54, 1.807) is 4.90 Å². The molecule has 1 saturated heterocycles. The first-order chi connectivity index (χ1) is 9.29. The highest BCUT2D eigenvalue weighted by molar-refractivity contribution is 5.86. The lowest BCUT2D eigenvalue weighted by Gasteiger charge is -2.30. The number of esters is 1. The molecular formula is C16H27NO3. The van der Waals surface area contributed by atoms with Crippen LogP contribution >= 0.6 is 0 Å². The van der Waals surface area contributed by atoms with Gasteiger partial charge in [-0.1, -0.05) is 13.3 Å². The molecule has 1 heterocycles. The maximum Gasteiger partial charge on any atom is 0.329 e. The zero-order valence-electron chi connectivity index (χ0n) is 13.1. The quantitative estimate of drug-likeness (QED) is 0.731. The maximum absolute atomic E-state index is 12.7. The largest absolute Gasteiger partial charge is 0.458 e. The summed E-state index contributed by atoms with van der Waals surface area (Å²) in [5.41, 5.74) is -0.491. The molecule has 1 aliphatic heterocycles. The number of hydrogen-bond acceptors (Lipinski definition) is 3. The van der Waals surface area contributed by atoms with E-state index in [9.17, 15) is 9.59 Å². The topological polar surface area (TPSA) is 46.6 Å². The highest BCUT2D eigenvalue weighted by Gasteiger charge is 2.41. The molecule has 2 aliphatic rings. The highest BCUT2D eigenvalue weighted by Crippen LogP contribution is 2.34. The average Bonchev–Trinajstić information content (AvgIpc) is 2.93. The van der Waals surface area contributed by atoms with E-state index < -0.39 is 5.60 Å². The standard InChI is InChI=1S/C16H27NO3/c1-11-7-5-8-12(11)14(18)17-10-6-9-13(17)15(19)20-16(2,3)4/h11-13H,5-10H2,1-4H3/t11?,12?,13-/m1/s1. The first-order valence-electron chi connectivity index (χ1n) is 7.83. The van der Waals surface area contributed by atoms with Gasteiger partial charge in [0, 0.05) is 12.5 Å². The Labute approximate surface area is 121 Å². The monoisotopic (exact) mass is 281 g/mol. The van der Waals surface area contributed by atoms with Crippen LogP contribution in [0, 0.1) is 11.8 Å². The third-order valence-corrected chi connectivity index (χ3v) is 4.39. The van der Waals surface area contributed by atoms with Crippen LogP contribution in [0.4, 0.5) is 0 Å². The summed E-state index contributed by atoms with van der Waals surface area (Å²) in [5, 5.41) is 0. The molecule has 0 aromatic carbocycles. The first kappa shape index (κ1) is 15.3. The Balaban J connectivity index is 2.03. The molecule has 2 rings (SSSR count). The maximum atomic E-state index is 12.7. The molecule has 1 aliphatic carbocycles. The molecule has 0 bridgehead atoms. The summed E-state index contributed by atoms with van der Waals surface area (Å²) in [6.45, 7) is 8.45. The lowest BCUT2D eigenvalue weighted by molar-refractivity contribution is -0.164. The molecule has 0 spiro atoms. The van der Waals surface area contributed by atoms with E-state index in [4.69, 9.17) is 4.74 Å². The Kier molecular flexibility index (Phi) is 4.40. The van der Waals surface area contributed by atoms with Crippen LogP contribution in [0.1, 0.15) is 59.8 Å². The van der Waals surface area contributed by atoms with Crippen molar-refractivity contribution in [3.05, 3.63) is 0 Å². The zero-order chi connectivity index (χ0) is 14.9. The third kappa shape index (κ3) is 3.33. The van der Waals surface area contributed by atoms with Gasteiger partial charge in [0.05, 0.1) is 0 Å². The predicted octanol–water partition coefficient (Wildman–Crippen LogP) is 2.76. The van der Waals surface area contributed by atoms with Gasteiger partial charge in [-0.25, -0.2) is 4.79 Å². The Bertz CT molecular complexity index is 386. The fourth-order valence-electron chi connectivity index (χ4n) is 3.37. The zero-order valence-corrected chi connectivity index (χ0v) is 13.1. The van der Waals surface area contributed by atoms with E-state index in [0.29, 0.717) is 12.5 Å². The second-order valence-electron chi connectivity index (χ2n) is 7.24. The van der Waals surface area contributed by atoms with Crippen LogP contribution in [-0.4, -0.2) is 35.0 Å². The van der Waals surface area contributed by atoms with Gasteiger partial charge in [-0.2, -0.15) is 0 Å². The van der Waals surface area contributed by atoms with Crippen molar-refractivity contribution in [2.75, 3.05) is 6.54 Å². The van der Waals surface area contributed by atoms with Crippen LogP contribution in [-0.2, 0) is 14.3 Å². The summed E-state index contributed by atoms with van der Waals surface area (Å²) in [6, 6.07) is -0.366. The molecule has 4 nitrogen and oxygen atoms in total. The normalized spacial score (nSPS) is 30.6. The van der Waals surface area contributed by atoms with Crippen LogP contribution in [0.25, 0.3) is 0 Å². The molecule has 4 heteroatoms. The van der Waals surface area contributed by atoms with Gasteiger partial charge in [-0.05, 0) is 52.4 Å². The molecule has 3 atom stereocenters. The fraction of sp³-hybridized carbons (Fsp3) is 0.875. The minimum Gasteiger partial charge on any atom is -0.458 e. The number of ether oxygens (including phenoxy) is 1. The van der Waals surface area contributed by atoms with Gasteiger partial charge in [0.25, 0.3) is 0 Å². The fourth-order valence-corrected chi connectivity index (χ4v) is 3.37. The van der Waals surface area contributed by atoms with Gasteiger partial charge in [0.1, 0.15) is 11.6 Å². The van der Waals surface area contributed by atoms with Crippen molar-refractivity contribution < 1.29 is 14.3 Å². The summed E-state index contributed by atoms with van der Waals surface area (Å²) >= 11 is 0. The Morgan fingerprint density at radius 2 is 1.80 bits per heavy atom. The number of amides is 1. The van der Waals surface area contributed by atoms with Crippen LogP contribution < -0.4 is 0 Å². The van der Waals surface area contributed by atoms with Crippen molar-refractivity contribution in [1.29, 1.82) is 0 Å². The molecular weight excluding hydrogens is 254 g/mol. The molecule has 0 aromatic rings. The molecule has 1 saturated carbocycles. The number of hydrogen-bond donors (Lipinski definition) is 0. The Hall–Kier alpha value is -1.06. The summed E-state index contributed by atoms with van der Waals surface area (Å²) in [5.74, 6) is 0.484. The summed E-state index contributed by atoms with van der Waals surface area (Å²) in [4.78, 5) is 26.7. The summed E-state index contributed by atoms with van der Waals surface area (Å²) in [7, 11) is 0. The SMILES string of the molecule is CC1CCCC1C(=O)N1CCC[C@@H]1C(=O)OC(C)(C)C. The summed E-state index contributed by atoms with van der Waals surface area (Å²) in [6.07, 6.45) is 4.86. The first-order valence-corrected chi connectivity index (χ1v) is 7.83. The minimum atomic E-state index is -0.491. The second-order valence-corrected chi connectivity index (χ2v) is 7.24. The number of likely N-dealkylation sites (tertiary alicyclic amines) is 1. The van der Waals surface area contributed by atoms with Crippen molar-refractivity contribution in [2.24, 2.45) is 11.8 Å². The van der Waals surface area contributed by atoms with Crippen LogP contribution in [0.15, 0.2) is 0 Å². The highest BCUT2D eigenvalue weighted by atomic mass is 16.6. The van der Waals surface area contributed by atoms with Crippen molar-refractivity contribution >= 4 is 11.9 Å². The van der Waals surface area contributed by atoms with E-state index in [2.05, 4.69) is 6.92 Å². The molecule has 0 radical (unpaired) electrons. The second kappa shape index (κ2) is 5.74. The Morgan fingerprint density at radius 3 is 2.35 bits per heavy atom. The van der Waals surface area contributed by atoms with Crippen molar-refractivity contribution in [2.45, 2.75) is 71.4 Å². The minimum absolute atomic E-state index is 0.109. The van der Waals surface area contributed by atoms with Crippen LogP contribution in [0.5, 0.6) is 0 Å². The van der Waals surface area contributed by atoms with Gasteiger partial charge in [-0.15, -0.1) is 0 Å². The Morgan fingerprint density at radius 1 is 1.10 bits per heavy atom. The smallest absolute Gasteiger partial charge is 0.329 e. The molecule has 114 valence electrons. The molecule has 0 N–H and O–H groups in total. The lowest BCUT2D eigenvalue weighted by atomic mass is 9.96. The molecule has 20 heavy (non-hydrogen) atoms. The number of nitrogens with zero attached hydrogens (tertiary/aromatic N) is 1. The van der Waals surface area contributed by atoms with Crippen molar-refractivity contribution in [1.82, 2.24) is 4.90 Å². The number of carbonyl (C=O) groups excluding carboxylic acids is 2. The van der Waals surface area contributed by atoms with Crippen LogP contribution in [0.3, 0.4) is 0 Å². The van der Waals surface area contributed by atoms with Gasteiger partial charge in [-0.3, -0.25) is 4.79 Å². The number of rotatable bonds is 2.